The van der Waals surface area contributed by atoms with Crippen LogP contribution in [0.4, 0.5) is 0 Å². The van der Waals surface area contributed by atoms with Gasteiger partial charge in [-0.05, 0) is 42.8 Å². The molecule has 2 heterocycles. The number of nitrogens with one attached hydrogen (secondary N) is 2. The van der Waals surface area contributed by atoms with Crippen molar-refractivity contribution < 1.29 is 4.79 Å². The van der Waals surface area contributed by atoms with Gasteiger partial charge in [-0.15, -0.1) is 11.3 Å². The number of nitrogens with zero attached hydrogens (tertiary/aromatic N) is 1. The molecule has 3 rings (SSSR count). The quantitative estimate of drug-likeness (QED) is 0.717. The predicted octanol–water partition coefficient (Wildman–Crippen LogP) is 2.81. The number of benzene rings is 1. The van der Waals surface area contributed by atoms with E-state index in [9.17, 15) is 4.79 Å². The molecule has 132 valence electrons. The highest BCUT2D eigenvalue weighted by Crippen LogP contribution is 2.42. The van der Waals surface area contributed by atoms with Crippen molar-refractivity contribution in [3.63, 3.8) is 0 Å². The van der Waals surface area contributed by atoms with Crippen LogP contribution in [0.2, 0.25) is 5.02 Å². The first-order chi connectivity index (χ1) is 12.0. The second kappa shape index (κ2) is 7.15. The van der Waals surface area contributed by atoms with Gasteiger partial charge >= 0.3 is 0 Å². The molecule has 1 aromatic heterocycles. The Labute approximate surface area is 156 Å². The van der Waals surface area contributed by atoms with Crippen molar-refractivity contribution in [2.45, 2.75) is 19.9 Å². The summed E-state index contributed by atoms with van der Waals surface area (Å²) in [5.41, 5.74) is 9.00. The van der Waals surface area contributed by atoms with Gasteiger partial charge in [0.25, 0.3) is 0 Å². The maximum atomic E-state index is 11.9. The van der Waals surface area contributed by atoms with Gasteiger partial charge in [-0.3, -0.25) is 4.79 Å². The van der Waals surface area contributed by atoms with Crippen LogP contribution in [0.3, 0.4) is 0 Å². The third kappa shape index (κ3) is 3.17. The molecule has 0 saturated carbocycles. The van der Waals surface area contributed by atoms with E-state index in [1.54, 1.807) is 28.5 Å². The number of allylic oxidation sites excluding steroid dienone is 1. The standard InChI is InChI=1S/C18H21ClN4OS/c1-10-7-12(13(21)3-5-22-2)16-11-4-6-23(15(24)8-20)9-14(11)25-18(16)17(10)19/h3,5,7,21-22H,4,6,8-9,20H2,1-2H3/b5-3-,21-13?. The minimum atomic E-state index is -0.0321. The van der Waals surface area contributed by atoms with Crippen LogP contribution < -0.4 is 11.1 Å². The van der Waals surface area contributed by atoms with Gasteiger partial charge in [0.2, 0.25) is 5.91 Å². The summed E-state index contributed by atoms with van der Waals surface area (Å²) < 4.78 is 1.01. The molecule has 5 nitrogen and oxygen atoms in total. The van der Waals surface area contributed by atoms with Crippen molar-refractivity contribution in [3.8, 4) is 0 Å². The fourth-order valence-electron chi connectivity index (χ4n) is 3.18. The number of halogens is 1. The average Bonchev–Trinajstić information content (AvgIpc) is 3.00. The zero-order chi connectivity index (χ0) is 18.1. The molecule has 2 aromatic rings. The van der Waals surface area contributed by atoms with E-state index in [1.807, 2.05) is 20.0 Å². The Kier molecular flexibility index (Phi) is 5.13. The predicted molar refractivity (Wildman–Crippen MR) is 105 cm³/mol. The van der Waals surface area contributed by atoms with Crippen molar-refractivity contribution in [1.82, 2.24) is 10.2 Å². The highest BCUT2D eigenvalue weighted by molar-refractivity contribution is 7.20. The van der Waals surface area contributed by atoms with E-state index in [4.69, 9.17) is 22.7 Å². The first kappa shape index (κ1) is 17.9. The van der Waals surface area contributed by atoms with Crippen LogP contribution in [0.25, 0.3) is 10.1 Å². The number of nitrogens with two attached hydrogens (primary N) is 1. The molecule has 7 heteroatoms. The number of carbonyl (C=O) groups is 1. The maximum absolute atomic E-state index is 11.9. The average molecular weight is 377 g/mol. The van der Waals surface area contributed by atoms with Crippen LogP contribution in [0.15, 0.2) is 18.3 Å². The highest BCUT2D eigenvalue weighted by Gasteiger charge is 2.26. The van der Waals surface area contributed by atoms with E-state index in [2.05, 4.69) is 5.32 Å². The summed E-state index contributed by atoms with van der Waals surface area (Å²) in [5, 5.41) is 13.1. The van der Waals surface area contributed by atoms with Crippen LogP contribution in [-0.4, -0.2) is 36.7 Å². The summed E-state index contributed by atoms with van der Waals surface area (Å²) in [7, 11) is 1.81. The number of thiophene rings is 1. The smallest absolute Gasteiger partial charge is 0.236 e. The van der Waals surface area contributed by atoms with E-state index in [0.717, 1.165) is 37.5 Å². The number of aryl methyl sites for hydroxylation is 1. The van der Waals surface area contributed by atoms with Gasteiger partial charge < -0.3 is 21.4 Å². The van der Waals surface area contributed by atoms with E-state index >= 15 is 0 Å². The van der Waals surface area contributed by atoms with Gasteiger partial charge in [0, 0.05) is 29.4 Å². The van der Waals surface area contributed by atoms with Crippen molar-refractivity contribution in [1.29, 1.82) is 5.41 Å². The number of hydrogen-bond acceptors (Lipinski definition) is 5. The summed E-state index contributed by atoms with van der Waals surface area (Å²) in [5.74, 6) is -0.0321. The van der Waals surface area contributed by atoms with Gasteiger partial charge in [0.05, 0.1) is 28.5 Å². The zero-order valence-electron chi connectivity index (χ0n) is 14.3. The van der Waals surface area contributed by atoms with E-state index in [0.29, 0.717) is 18.8 Å². The molecule has 0 aliphatic carbocycles. The topological polar surface area (TPSA) is 82.2 Å². The lowest BCUT2D eigenvalue weighted by molar-refractivity contribution is -0.130. The Morgan fingerprint density at radius 3 is 3.00 bits per heavy atom. The van der Waals surface area contributed by atoms with Gasteiger partial charge in [-0.2, -0.15) is 0 Å². The molecule has 4 N–H and O–H groups in total. The molecule has 1 aromatic carbocycles. The van der Waals surface area contributed by atoms with Crippen LogP contribution in [0.5, 0.6) is 0 Å². The van der Waals surface area contributed by atoms with E-state index in [1.165, 1.54) is 5.56 Å². The fourth-order valence-corrected chi connectivity index (χ4v) is 4.83. The largest absolute Gasteiger partial charge is 0.394 e. The summed E-state index contributed by atoms with van der Waals surface area (Å²) in [4.78, 5) is 14.9. The molecular formula is C18H21ClN4OS. The first-order valence-corrected chi connectivity index (χ1v) is 9.31. The Bertz CT molecular complexity index is 887. The third-order valence-corrected chi connectivity index (χ3v) is 6.30. The van der Waals surface area contributed by atoms with Crippen LogP contribution in [0, 0.1) is 12.3 Å². The number of fused-ring (bicyclic) bond motifs is 3. The van der Waals surface area contributed by atoms with Gasteiger partial charge in [0.1, 0.15) is 0 Å². The van der Waals surface area contributed by atoms with Gasteiger partial charge in [-0.1, -0.05) is 11.6 Å². The Morgan fingerprint density at radius 2 is 2.32 bits per heavy atom. The zero-order valence-corrected chi connectivity index (χ0v) is 15.9. The SMILES string of the molecule is CN/C=C\C(=N)c1cc(C)c(Cl)c2sc3c(c12)CCN(C(=O)CN)C3. The lowest BCUT2D eigenvalue weighted by Crippen LogP contribution is -2.39. The van der Waals surface area contributed by atoms with Crippen LogP contribution in [0.1, 0.15) is 21.6 Å². The van der Waals surface area contributed by atoms with Crippen molar-refractivity contribution >= 4 is 44.6 Å². The molecular weight excluding hydrogens is 356 g/mol. The number of hydrogen-bond donors (Lipinski definition) is 3. The van der Waals surface area contributed by atoms with Gasteiger partial charge in [-0.25, -0.2) is 0 Å². The lowest BCUT2D eigenvalue weighted by Gasteiger charge is -2.26. The van der Waals surface area contributed by atoms with Crippen molar-refractivity contribution in [2.24, 2.45) is 5.73 Å². The Hall–Kier alpha value is -1.89. The number of carbonyl (C=O) groups excluding carboxylic acids is 1. The van der Waals surface area contributed by atoms with Crippen LogP contribution >= 0.6 is 22.9 Å². The molecule has 0 saturated heterocycles. The molecule has 0 spiro atoms. The van der Waals surface area contributed by atoms with E-state index in [-0.39, 0.29) is 12.5 Å². The summed E-state index contributed by atoms with van der Waals surface area (Å²) in [6.45, 7) is 3.22. The number of amides is 1. The fraction of sp³-hybridized carbons (Fsp3) is 0.333. The highest BCUT2D eigenvalue weighted by atomic mass is 35.5. The molecule has 0 fully saturated rings. The molecule has 0 unspecified atom stereocenters. The van der Waals surface area contributed by atoms with Crippen LogP contribution in [-0.2, 0) is 17.8 Å². The minimum Gasteiger partial charge on any atom is -0.394 e. The first-order valence-electron chi connectivity index (χ1n) is 8.11. The minimum absolute atomic E-state index is 0.0321. The summed E-state index contributed by atoms with van der Waals surface area (Å²) in [6, 6.07) is 1.98. The monoisotopic (exact) mass is 376 g/mol. The third-order valence-electron chi connectivity index (χ3n) is 4.47. The molecule has 25 heavy (non-hydrogen) atoms. The second-order valence-corrected chi connectivity index (χ2v) is 7.55. The van der Waals surface area contributed by atoms with Gasteiger partial charge in [0.15, 0.2) is 0 Å². The molecule has 1 aliphatic heterocycles. The van der Waals surface area contributed by atoms with E-state index < -0.39 is 0 Å². The summed E-state index contributed by atoms with van der Waals surface area (Å²) >= 11 is 8.19. The van der Waals surface area contributed by atoms with Crippen molar-refractivity contribution in [2.75, 3.05) is 20.1 Å². The Morgan fingerprint density at radius 1 is 1.56 bits per heavy atom. The molecule has 0 bridgehead atoms. The molecule has 1 aliphatic rings. The number of rotatable bonds is 4. The molecule has 0 radical (unpaired) electrons. The normalized spacial score (nSPS) is 14.2. The molecule has 0 atom stereocenters. The molecule has 1 amide bonds. The lowest BCUT2D eigenvalue weighted by atomic mass is 9.95. The second-order valence-electron chi connectivity index (χ2n) is 6.07. The Balaban J connectivity index is 2.16. The maximum Gasteiger partial charge on any atom is 0.236 e. The van der Waals surface area contributed by atoms with Crippen molar-refractivity contribution in [3.05, 3.63) is 44.9 Å². The summed E-state index contributed by atoms with van der Waals surface area (Å²) in [6.07, 6.45) is 4.26.